The van der Waals surface area contributed by atoms with Crippen molar-refractivity contribution < 1.29 is 0 Å². The van der Waals surface area contributed by atoms with Crippen molar-refractivity contribution >= 4 is 5.71 Å². The molecule has 49 valence electrons. The molecule has 1 radical (unpaired) electrons. The van der Waals surface area contributed by atoms with Crippen LogP contribution in [0.2, 0.25) is 0 Å². The third kappa shape index (κ3) is 0.778. The molecule has 0 saturated carbocycles. The zero-order valence-corrected chi connectivity index (χ0v) is 5.49. The van der Waals surface area contributed by atoms with E-state index in [1.54, 1.807) is 6.20 Å². The molecule has 2 nitrogen and oxygen atoms in total. The zero-order valence-electron chi connectivity index (χ0n) is 5.49. The average molecular weight is 131 g/mol. The minimum absolute atomic E-state index is 0.965. The van der Waals surface area contributed by atoms with Gasteiger partial charge >= 0.3 is 0 Å². The fraction of sp³-hybridized carbons (Fsp3) is 0.125. The van der Waals surface area contributed by atoms with Crippen LogP contribution in [0.4, 0.5) is 0 Å². The van der Waals surface area contributed by atoms with Gasteiger partial charge in [-0.3, -0.25) is 10.3 Å². The van der Waals surface area contributed by atoms with Crippen LogP contribution in [0.25, 0.3) is 0 Å². The molecule has 0 fully saturated rings. The lowest BCUT2D eigenvalue weighted by atomic mass is 10.1. The van der Waals surface area contributed by atoms with Gasteiger partial charge in [0.1, 0.15) is 0 Å². The Morgan fingerprint density at radius 1 is 1.30 bits per heavy atom. The second kappa shape index (κ2) is 2.14. The molecule has 0 saturated heterocycles. The third-order valence-corrected chi connectivity index (χ3v) is 1.53. The molecule has 0 atom stereocenters. The van der Waals surface area contributed by atoms with Crippen LogP contribution in [-0.2, 0) is 0 Å². The molecular formula is C8H7N2. The summed E-state index contributed by atoms with van der Waals surface area (Å²) in [4.78, 5) is 4.17. The number of hydrogen-bond donors (Lipinski definition) is 0. The molecule has 0 unspecified atom stereocenters. The normalized spacial score (nSPS) is 20.8. The highest BCUT2D eigenvalue weighted by Crippen LogP contribution is 2.13. The number of rotatable bonds is 0. The maximum atomic E-state index is 4.17. The summed E-state index contributed by atoms with van der Waals surface area (Å²) < 4.78 is 0. The molecule has 0 aliphatic carbocycles. The Labute approximate surface area is 59.7 Å². The molecule has 2 aliphatic rings. The van der Waals surface area contributed by atoms with E-state index in [9.17, 15) is 0 Å². The van der Waals surface area contributed by atoms with Gasteiger partial charge < -0.3 is 0 Å². The first-order valence-electron chi connectivity index (χ1n) is 3.25. The van der Waals surface area contributed by atoms with E-state index in [0.29, 0.717) is 0 Å². The maximum Gasteiger partial charge on any atom is 0.0695 e. The van der Waals surface area contributed by atoms with Gasteiger partial charge in [0.15, 0.2) is 0 Å². The molecule has 2 aliphatic heterocycles. The largest absolute Gasteiger partial charge is 0.264 e. The minimum atomic E-state index is 0.965. The van der Waals surface area contributed by atoms with Crippen LogP contribution in [0, 0.1) is 0 Å². The number of hydrogen-bond acceptors (Lipinski definition) is 1. The van der Waals surface area contributed by atoms with Gasteiger partial charge in [-0.05, 0) is 18.1 Å². The van der Waals surface area contributed by atoms with E-state index in [-0.39, 0.29) is 0 Å². The predicted molar refractivity (Wildman–Crippen MR) is 40.5 cm³/mol. The second-order valence-corrected chi connectivity index (χ2v) is 2.22. The summed E-state index contributed by atoms with van der Waals surface area (Å²) in [5.74, 6) is 0. The van der Waals surface area contributed by atoms with Gasteiger partial charge in [-0.25, -0.2) is 0 Å². The van der Waals surface area contributed by atoms with Crippen molar-refractivity contribution in [2.75, 3.05) is 0 Å². The topological polar surface area (TPSA) is 26.5 Å². The minimum Gasteiger partial charge on any atom is -0.264 e. The Hall–Kier alpha value is -1.31. The Morgan fingerprint density at radius 3 is 3.20 bits per heavy atom. The molecule has 0 N–H and O–H groups in total. The molecule has 2 heteroatoms. The molecular weight excluding hydrogens is 124 g/mol. The van der Waals surface area contributed by atoms with Crippen LogP contribution in [-0.4, -0.2) is 5.71 Å². The highest BCUT2D eigenvalue weighted by Gasteiger charge is 2.07. The van der Waals surface area contributed by atoms with Crippen LogP contribution < -0.4 is 5.32 Å². The Morgan fingerprint density at radius 2 is 2.30 bits per heavy atom. The molecule has 0 aromatic heterocycles. The van der Waals surface area contributed by atoms with E-state index in [2.05, 4.69) is 10.3 Å². The molecule has 10 heavy (non-hydrogen) atoms. The van der Waals surface area contributed by atoms with Crippen LogP contribution in [0.3, 0.4) is 0 Å². The maximum absolute atomic E-state index is 4.17. The van der Waals surface area contributed by atoms with E-state index in [1.165, 1.54) is 5.57 Å². The fourth-order valence-corrected chi connectivity index (χ4v) is 1.02. The van der Waals surface area contributed by atoms with Gasteiger partial charge in [0.25, 0.3) is 0 Å². The van der Waals surface area contributed by atoms with E-state index >= 15 is 0 Å². The molecule has 2 heterocycles. The summed E-state index contributed by atoms with van der Waals surface area (Å²) in [5, 5.41) is 4.00. The van der Waals surface area contributed by atoms with Crippen LogP contribution in [0.1, 0.15) is 6.42 Å². The first-order chi connectivity index (χ1) is 4.97. The van der Waals surface area contributed by atoms with Crippen molar-refractivity contribution in [2.45, 2.75) is 6.42 Å². The highest BCUT2D eigenvalue weighted by molar-refractivity contribution is 6.09. The van der Waals surface area contributed by atoms with Gasteiger partial charge in [0.2, 0.25) is 0 Å². The van der Waals surface area contributed by atoms with Crippen molar-refractivity contribution in [1.82, 2.24) is 5.32 Å². The average Bonchev–Trinajstić information content (AvgIpc) is 2.05. The number of allylic oxidation sites excluding steroid dienone is 3. The first-order valence-corrected chi connectivity index (χ1v) is 3.25. The summed E-state index contributed by atoms with van der Waals surface area (Å²) in [6.45, 7) is 0. The van der Waals surface area contributed by atoms with Crippen molar-refractivity contribution in [3.05, 3.63) is 36.3 Å². The van der Waals surface area contributed by atoms with Gasteiger partial charge in [0, 0.05) is 18.6 Å². The fourth-order valence-electron chi connectivity index (χ4n) is 1.02. The van der Waals surface area contributed by atoms with Crippen LogP contribution >= 0.6 is 0 Å². The Balaban J connectivity index is 2.39. The molecule has 0 bridgehead atoms. The van der Waals surface area contributed by atoms with Crippen molar-refractivity contribution in [1.29, 1.82) is 0 Å². The third-order valence-electron chi connectivity index (χ3n) is 1.53. The summed E-state index contributed by atoms with van der Waals surface area (Å²) in [6.07, 6.45) is 10.4. The molecule has 0 aromatic carbocycles. The summed E-state index contributed by atoms with van der Waals surface area (Å²) in [6, 6.07) is 0. The molecule has 2 rings (SSSR count). The van der Waals surface area contributed by atoms with Gasteiger partial charge in [-0.2, -0.15) is 0 Å². The molecule has 0 amide bonds. The highest BCUT2D eigenvalue weighted by atomic mass is 14.8. The lowest BCUT2D eigenvalue weighted by Gasteiger charge is -2.10. The molecule has 0 aromatic rings. The smallest absolute Gasteiger partial charge is 0.0695 e. The Kier molecular flexibility index (Phi) is 1.17. The van der Waals surface area contributed by atoms with Gasteiger partial charge in [-0.15, -0.1) is 0 Å². The van der Waals surface area contributed by atoms with E-state index < -0.39 is 0 Å². The Bertz CT molecular complexity index is 256. The summed E-state index contributed by atoms with van der Waals surface area (Å²) >= 11 is 0. The van der Waals surface area contributed by atoms with Crippen LogP contribution in [0.15, 0.2) is 41.3 Å². The predicted octanol–water partition coefficient (Wildman–Crippen LogP) is 1.36. The van der Waals surface area contributed by atoms with E-state index in [0.717, 1.165) is 12.1 Å². The quantitative estimate of drug-likeness (QED) is 0.474. The SMILES string of the molecule is C1=CN=C2C=C[N]C=C2C1. The number of fused-ring (bicyclic) bond motifs is 1. The van der Waals surface area contributed by atoms with Gasteiger partial charge in [-0.1, -0.05) is 6.08 Å². The van der Waals surface area contributed by atoms with Crippen molar-refractivity contribution in [2.24, 2.45) is 4.99 Å². The van der Waals surface area contributed by atoms with Crippen molar-refractivity contribution in [3.8, 4) is 0 Å². The zero-order chi connectivity index (χ0) is 6.81. The van der Waals surface area contributed by atoms with Crippen molar-refractivity contribution in [3.63, 3.8) is 0 Å². The van der Waals surface area contributed by atoms with Gasteiger partial charge in [0.05, 0.1) is 5.71 Å². The molecule has 0 spiro atoms. The standard InChI is InChI=1S/C8H7N2/c1-2-7-6-9-5-3-8(7)10-4-1/h1,3-6H,2H2. The van der Waals surface area contributed by atoms with E-state index in [1.807, 2.05) is 24.6 Å². The van der Waals surface area contributed by atoms with Crippen LogP contribution in [0.5, 0.6) is 0 Å². The monoisotopic (exact) mass is 131 g/mol. The lowest BCUT2D eigenvalue weighted by Crippen LogP contribution is -2.08. The lowest BCUT2D eigenvalue weighted by molar-refractivity contribution is 1.10. The van der Waals surface area contributed by atoms with E-state index in [4.69, 9.17) is 0 Å². The summed E-state index contributed by atoms with van der Waals surface area (Å²) in [5.41, 5.74) is 2.27. The number of nitrogens with zero attached hydrogens (tertiary/aromatic N) is 2. The second-order valence-electron chi connectivity index (χ2n) is 2.22. The number of aliphatic imine (C=N–C) groups is 1. The summed E-state index contributed by atoms with van der Waals surface area (Å²) in [7, 11) is 0. The first kappa shape index (κ1) is 5.47.